The first kappa shape index (κ1) is 28.6. The van der Waals surface area contributed by atoms with E-state index in [1.807, 2.05) is 13.8 Å². The van der Waals surface area contributed by atoms with Gasteiger partial charge in [0.25, 0.3) is 0 Å². The first-order valence-corrected chi connectivity index (χ1v) is 13.0. The van der Waals surface area contributed by atoms with Gasteiger partial charge in [0.2, 0.25) is 0 Å². The summed E-state index contributed by atoms with van der Waals surface area (Å²) in [7, 11) is 0. The number of rotatable bonds is 8. The second kappa shape index (κ2) is 10.8. The van der Waals surface area contributed by atoms with Gasteiger partial charge in [0.05, 0.1) is 17.1 Å². The molecule has 0 unspecified atom stereocenters. The minimum atomic E-state index is -1.25. The fourth-order valence-electron chi connectivity index (χ4n) is 5.24. The van der Waals surface area contributed by atoms with Gasteiger partial charge in [0.15, 0.2) is 0 Å². The normalized spacial score (nSPS) is 24.5. The molecule has 0 bridgehead atoms. The average Bonchev–Trinajstić information content (AvgIpc) is 3.13. The Kier molecular flexibility index (Phi) is 8.57. The van der Waals surface area contributed by atoms with E-state index in [-0.39, 0.29) is 34.8 Å². The number of aliphatic hydroxyl groups excluding tert-OH is 1. The van der Waals surface area contributed by atoms with Gasteiger partial charge in [0.1, 0.15) is 17.0 Å². The van der Waals surface area contributed by atoms with Gasteiger partial charge >= 0.3 is 0 Å². The number of carbonyl (C=O) groups is 1. The Balaban J connectivity index is 2.24. The molecule has 3 rings (SSSR count). The predicted molar refractivity (Wildman–Crippen MR) is 143 cm³/mol. The molecule has 7 heteroatoms. The van der Waals surface area contributed by atoms with Crippen molar-refractivity contribution < 1.29 is 14.3 Å². The highest BCUT2D eigenvalue weighted by Crippen LogP contribution is 2.52. The van der Waals surface area contributed by atoms with E-state index in [9.17, 15) is 15.2 Å². The van der Waals surface area contributed by atoms with Crippen LogP contribution >= 0.6 is 23.2 Å². The van der Waals surface area contributed by atoms with Crippen LogP contribution in [0.4, 0.5) is 4.39 Å². The molecular formula is C29H35Cl2FN2O2. The maximum atomic E-state index is 15.6. The molecule has 0 radical (unpaired) electrons. The molecule has 4 nitrogen and oxygen atoms in total. The summed E-state index contributed by atoms with van der Waals surface area (Å²) in [5.74, 6) is -1.56. The minimum Gasteiger partial charge on any atom is -0.396 e. The molecule has 2 N–H and O–H groups in total. The van der Waals surface area contributed by atoms with Crippen molar-refractivity contribution in [2.45, 2.75) is 77.3 Å². The Morgan fingerprint density at radius 2 is 1.78 bits per heavy atom. The van der Waals surface area contributed by atoms with Crippen LogP contribution in [0.25, 0.3) is 0 Å². The Morgan fingerprint density at radius 1 is 1.14 bits per heavy atom. The number of nitriles is 1. The van der Waals surface area contributed by atoms with E-state index in [1.165, 1.54) is 6.07 Å². The number of Topliss-reactive ketones (excluding diaryl/α,β-unsaturated/α-hetero) is 1. The van der Waals surface area contributed by atoms with Gasteiger partial charge in [-0.1, -0.05) is 82.1 Å². The molecular weight excluding hydrogens is 498 g/mol. The van der Waals surface area contributed by atoms with Gasteiger partial charge in [-0.2, -0.15) is 5.26 Å². The van der Waals surface area contributed by atoms with E-state index in [0.29, 0.717) is 23.4 Å². The molecule has 1 fully saturated rings. The largest absolute Gasteiger partial charge is 0.396 e. The number of nitrogens with one attached hydrogen (secondary N) is 1. The molecule has 194 valence electrons. The van der Waals surface area contributed by atoms with Crippen molar-refractivity contribution in [3.05, 3.63) is 69.5 Å². The lowest BCUT2D eigenvalue weighted by atomic mass is 9.62. The van der Waals surface area contributed by atoms with Crippen molar-refractivity contribution in [3.63, 3.8) is 0 Å². The number of hydrogen-bond acceptors (Lipinski definition) is 4. The van der Waals surface area contributed by atoms with Crippen LogP contribution in [0.2, 0.25) is 10.0 Å². The molecule has 4 atom stereocenters. The Bertz CT molecular complexity index is 1140. The molecule has 0 aliphatic carbocycles. The Hall–Kier alpha value is -1.97. The lowest BCUT2D eigenvalue weighted by molar-refractivity contribution is -0.121. The van der Waals surface area contributed by atoms with Crippen LogP contribution in [0.15, 0.2) is 42.5 Å². The van der Waals surface area contributed by atoms with Crippen LogP contribution in [-0.4, -0.2) is 29.6 Å². The molecule has 36 heavy (non-hydrogen) atoms. The number of ketones is 1. The van der Waals surface area contributed by atoms with Gasteiger partial charge in [-0.15, -0.1) is 0 Å². The molecule has 1 heterocycles. The van der Waals surface area contributed by atoms with E-state index in [2.05, 4.69) is 32.2 Å². The van der Waals surface area contributed by atoms with Crippen LogP contribution in [0.3, 0.4) is 0 Å². The zero-order chi connectivity index (χ0) is 26.9. The topological polar surface area (TPSA) is 73.1 Å². The van der Waals surface area contributed by atoms with Crippen LogP contribution in [0, 0.1) is 28.0 Å². The number of nitrogens with zero attached hydrogens (tertiary/aromatic N) is 1. The summed E-state index contributed by atoms with van der Waals surface area (Å²) in [6, 6.07) is 13.0. The van der Waals surface area contributed by atoms with Crippen molar-refractivity contribution in [1.82, 2.24) is 5.32 Å². The molecule has 1 aliphatic rings. The van der Waals surface area contributed by atoms with Crippen LogP contribution in [0.5, 0.6) is 0 Å². The van der Waals surface area contributed by atoms with Crippen molar-refractivity contribution >= 4 is 29.0 Å². The van der Waals surface area contributed by atoms with E-state index >= 15 is 4.39 Å². The first-order chi connectivity index (χ1) is 16.8. The van der Waals surface area contributed by atoms with E-state index in [0.717, 1.165) is 0 Å². The number of carbonyl (C=O) groups excluding carboxylic acids is 1. The van der Waals surface area contributed by atoms with Crippen molar-refractivity contribution in [1.29, 1.82) is 5.26 Å². The zero-order valence-electron chi connectivity index (χ0n) is 21.5. The summed E-state index contributed by atoms with van der Waals surface area (Å²) in [5, 5.41) is 24.5. The molecule has 0 aromatic heterocycles. The van der Waals surface area contributed by atoms with E-state index < -0.39 is 34.6 Å². The molecule has 0 amide bonds. The Morgan fingerprint density at radius 3 is 2.33 bits per heavy atom. The van der Waals surface area contributed by atoms with Crippen LogP contribution in [0.1, 0.15) is 70.9 Å². The van der Waals surface area contributed by atoms with Gasteiger partial charge in [-0.25, -0.2) is 4.39 Å². The van der Waals surface area contributed by atoms with Crippen molar-refractivity contribution in [2.75, 3.05) is 6.61 Å². The number of halogens is 3. The van der Waals surface area contributed by atoms with Gasteiger partial charge in [-0.05, 0) is 53.0 Å². The number of benzene rings is 2. The second-order valence-electron chi connectivity index (χ2n) is 11.9. The smallest absolute Gasteiger partial charge is 0.150 e. The SMILES string of the molecule is CC(C)(C)C[C@@H]1N[C@@H](C(=O)CCC(C)(C)CO)[C@H](c2cccc(Cl)c2F)[C@@]1(C#N)c1ccc(Cl)cc1. The summed E-state index contributed by atoms with van der Waals surface area (Å²) in [6.45, 7) is 9.97. The van der Waals surface area contributed by atoms with E-state index in [1.54, 1.807) is 36.4 Å². The standard InChI is InChI=1S/C29H35Cl2FN2O2/c1-27(2,3)15-23-29(16-33,18-9-11-19(30)12-10-18)24(20-7-6-8-21(31)25(20)32)26(34-23)22(36)13-14-28(4,5)17-35/h6-12,23-24,26,34-35H,13-15,17H2,1-5H3/t23-,24-,26-,29-/m0/s1. The predicted octanol–water partition coefficient (Wildman–Crippen LogP) is 6.82. The van der Waals surface area contributed by atoms with Crippen LogP contribution < -0.4 is 5.32 Å². The highest BCUT2D eigenvalue weighted by atomic mass is 35.5. The fourth-order valence-corrected chi connectivity index (χ4v) is 5.54. The highest BCUT2D eigenvalue weighted by molar-refractivity contribution is 6.31. The van der Waals surface area contributed by atoms with Gasteiger partial charge in [0, 0.05) is 30.0 Å². The quantitative estimate of drug-likeness (QED) is 0.391. The summed E-state index contributed by atoms with van der Waals surface area (Å²) in [4.78, 5) is 13.8. The lowest BCUT2D eigenvalue weighted by Crippen LogP contribution is -2.44. The summed E-state index contributed by atoms with van der Waals surface area (Å²) in [5.41, 5.74) is -0.955. The summed E-state index contributed by atoms with van der Waals surface area (Å²) < 4.78 is 15.6. The third-order valence-corrected chi connectivity index (χ3v) is 7.76. The summed E-state index contributed by atoms with van der Waals surface area (Å²) in [6.07, 6.45) is 1.23. The lowest BCUT2D eigenvalue weighted by Gasteiger charge is -2.37. The maximum Gasteiger partial charge on any atom is 0.150 e. The Labute approximate surface area is 223 Å². The third-order valence-electron chi connectivity index (χ3n) is 7.22. The van der Waals surface area contributed by atoms with Gasteiger partial charge in [-0.3, -0.25) is 4.79 Å². The van der Waals surface area contributed by atoms with E-state index in [4.69, 9.17) is 23.2 Å². The average molecular weight is 534 g/mol. The molecule has 0 spiro atoms. The molecule has 0 saturated carbocycles. The molecule has 2 aromatic carbocycles. The van der Waals surface area contributed by atoms with Crippen molar-refractivity contribution in [2.24, 2.45) is 10.8 Å². The van der Waals surface area contributed by atoms with Gasteiger partial charge < -0.3 is 10.4 Å². The fraction of sp³-hybridized carbons (Fsp3) is 0.517. The number of hydrogen-bond donors (Lipinski definition) is 2. The zero-order valence-corrected chi connectivity index (χ0v) is 23.1. The van der Waals surface area contributed by atoms with Crippen molar-refractivity contribution in [3.8, 4) is 6.07 Å². The maximum absolute atomic E-state index is 15.6. The third kappa shape index (κ3) is 5.78. The second-order valence-corrected chi connectivity index (χ2v) is 12.7. The minimum absolute atomic E-state index is 0.0513. The molecule has 1 aliphatic heterocycles. The number of aliphatic hydroxyl groups is 1. The molecule has 1 saturated heterocycles. The summed E-state index contributed by atoms with van der Waals surface area (Å²) >= 11 is 12.4. The highest BCUT2D eigenvalue weighted by Gasteiger charge is 2.60. The molecule has 2 aromatic rings. The first-order valence-electron chi connectivity index (χ1n) is 12.3. The van der Waals surface area contributed by atoms with Crippen LogP contribution in [-0.2, 0) is 10.2 Å². The monoisotopic (exact) mass is 532 g/mol.